The molecule has 0 saturated heterocycles. The van der Waals surface area contributed by atoms with Gasteiger partial charge in [-0.05, 0) is 47.5 Å². The fourth-order valence-corrected chi connectivity index (χ4v) is 5.94. The minimum atomic E-state index is -4.24. The number of methoxy groups -OCH3 is 1. The van der Waals surface area contributed by atoms with Crippen molar-refractivity contribution in [2.45, 2.75) is 43.0 Å². The Balaban J connectivity index is 2.28. The predicted octanol–water partition coefficient (Wildman–Crippen LogP) is 5.88. The molecule has 1 aliphatic heterocycles. The molecule has 0 amide bonds. The summed E-state index contributed by atoms with van der Waals surface area (Å²) in [6.45, 7) is 3.50. The third-order valence-corrected chi connectivity index (χ3v) is 8.36. The minimum Gasteiger partial charge on any atom is -0.496 e. The van der Waals surface area contributed by atoms with Gasteiger partial charge in [0.1, 0.15) is 5.75 Å². The lowest BCUT2D eigenvalue weighted by Gasteiger charge is -2.31. The van der Waals surface area contributed by atoms with Crippen LogP contribution in [0.5, 0.6) is 5.75 Å². The van der Waals surface area contributed by atoms with Gasteiger partial charge in [-0.15, -0.1) is 0 Å². The van der Waals surface area contributed by atoms with Crippen molar-refractivity contribution in [2.75, 3.05) is 18.6 Å². The average molecular weight is 470 g/mol. The number of hydrogen-bond donors (Lipinski definition) is 0. The van der Waals surface area contributed by atoms with Crippen LogP contribution in [0.2, 0.25) is 0 Å². The van der Waals surface area contributed by atoms with E-state index in [4.69, 9.17) is 4.74 Å². The molecule has 0 aliphatic carbocycles. The zero-order valence-electron chi connectivity index (χ0n) is 16.3. The maximum absolute atomic E-state index is 15.9. The topological polar surface area (TPSA) is 46.6 Å². The molecule has 0 radical (unpaired) electrons. The van der Waals surface area contributed by atoms with Gasteiger partial charge in [0.25, 0.3) is 0 Å². The summed E-state index contributed by atoms with van der Waals surface area (Å²) in [4.78, 5) is 1.86. The number of unbranched alkanes of at least 4 members (excludes halogenated alkanes) is 1. The van der Waals surface area contributed by atoms with Crippen molar-refractivity contribution < 1.29 is 17.5 Å². The zero-order chi connectivity index (χ0) is 20.5. The summed E-state index contributed by atoms with van der Waals surface area (Å²) in [6, 6.07) is 12.6. The number of anilines is 2. The Morgan fingerprint density at radius 2 is 1.96 bits per heavy atom. The standard InChI is InChI=1S/C21H25BrFNO3S/c1-4-5-9-15-14-24(16-10-7-6-8-11-16)18-12-17(22)19(27-3)13-20(18)28(25,26)21(15,2)23/h6-8,10-13,15H,4-5,9,14H2,1-3H3. The molecule has 4 nitrogen and oxygen atoms in total. The van der Waals surface area contributed by atoms with Gasteiger partial charge in [0, 0.05) is 24.2 Å². The number of halogens is 2. The van der Waals surface area contributed by atoms with E-state index in [0.717, 1.165) is 18.5 Å². The number of sulfone groups is 1. The third kappa shape index (κ3) is 3.54. The van der Waals surface area contributed by atoms with Crippen molar-refractivity contribution in [3.63, 3.8) is 0 Å². The summed E-state index contributed by atoms with van der Waals surface area (Å²) in [6.07, 6.45) is 2.15. The second kappa shape index (κ2) is 8.03. The first-order chi connectivity index (χ1) is 13.2. The fourth-order valence-electron chi connectivity index (χ4n) is 3.68. The van der Waals surface area contributed by atoms with Gasteiger partial charge in [0.05, 0.1) is 22.2 Å². The highest BCUT2D eigenvalue weighted by atomic mass is 79.9. The molecule has 2 atom stereocenters. The van der Waals surface area contributed by atoms with Crippen molar-refractivity contribution >= 4 is 37.1 Å². The van der Waals surface area contributed by atoms with Crippen LogP contribution >= 0.6 is 15.9 Å². The Bertz CT molecular complexity index is 948. The maximum Gasteiger partial charge on any atom is 0.217 e. The molecule has 7 heteroatoms. The van der Waals surface area contributed by atoms with Crippen LogP contribution in [0.1, 0.15) is 33.1 Å². The molecule has 2 unspecified atom stereocenters. The first-order valence-corrected chi connectivity index (χ1v) is 11.6. The van der Waals surface area contributed by atoms with Crippen molar-refractivity contribution in [3.05, 3.63) is 46.9 Å². The summed E-state index contributed by atoms with van der Waals surface area (Å²) in [5.74, 6) is -0.298. The molecule has 1 heterocycles. The first kappa shape index (κ1) is 21.1. The zero-order valence-corrected chi connectivity index (χ0v) is 18.7. The normalized spacial score (nSPS) is 23.8. The molecule has 3 rings (SSSR count). The number of para-hydroxylation sites is 1. The van der Waals surface area contributed by atoms with Crippen molar-refractivity contribution in [1.82, 2.24) is 0 Å². The number of ether oxygens (including phenoxy) is 1. The van der Waals surface area contributed by atoms with Crippen LogP contribution in [-0.2, 0) is 9.84 Å². The molecular weight excluding hydrogens is 445 g/mol. The average Bonchev–Trinajstić information content (AvgIpc) is 2.73. The summed E-state index contributed by atoms with van der Waals surface area (Å²) < 4.78 is 48.7. The summed E-state index contributed by atoms with van der Waals surface area (Å²) in [7, 11) is -2.77. The van der Waals surface area contributed by atoms with E-state index < -0.39 is 20.8 Å². The maximum atomic E-state index is 15.9. The molecule has 28 heavy (non-hydrogen) atoms. The summed E-state index contributed by atoms with van der Waals surface area (Å²) >= 11 is 3.44. The quantitative estimate of drug-likeness (QED) is 0.548. The second-order valence-corrected chi connectivity index (χ2v) is 10.3. The van der Waals surface area contributed by atoms with E-state index in [0.29, 0.717) is 22.3 Å². The van der Waals surface area contributed by atoms with Gasteiger partial charge < -0.3 is 9.64 Å². The largest absolute Gasteiger partial charge is 0.496 e. The van der Waals surface area contributed by atoms with Gasteiger partial charge in [-0.2, -0.15) is 0 Å². The lowest BCUT2D eigenvalue weighted by molar-refractivity contribution is 0.187. The highest BCUT2D eigenvalue weighted by Crippen LogP contribution is 2.48. The van der Waals surface area contributed by atoms with Crippen LogP contribution in [0, 0.1) is 5.92 Å². The summed E-state index contributed by atoms with van der Waals surface area (Å²) in [5.41, 5.74) is 1.29. The van der Waals surface area contributed by atoms with Crippen molar-refractivity contribution in [3.8, 4) is 5.75 Å². The van der Waals surface area contributed by atoms with E-state index in [2.05, 4.69) is 15.9 Å². The Labute approximate surface area is 174 Å². The molecule has 1 aliphatic rings. The Hall–Kier alpha value is -1.60. The van der Waals surface area contributed by atoms with Gasteiger partial charge in [-0.3, -0.25) is 0 Å². The Morgan fingerprint density at radius 1 is 1.29 bits per heavy atom. The Morgan fingerprint density at radius 3 is 2.57 bits per heavy atom. The number of nitrogens with zero attached hydrogens (tertiary/aromatic N) is 1. The highest BCUT2D eigenvalue weighted by molar-refractivity contribution is 9.10. The van der Waals surface area contributed by atoms with Crippen molar-refractivity contribution in [1.29, 1.82) is 0 Å². The molecule has 2 aromatic rings. The van der Waals surface area contributed by atoms with Gasteiger partial charge in [0.2, 0.25) is 14.8 Å². The fraction of sp³-hybridized carbons (Fsp3) is 0.429. The van der Waals surface area contributed by atoms with Gasteiger partial charge in [0.15, 0.2) is 0 Å². The second-order valence-electron chi connectivity index (χ2n) is 7.23. The molecule has 0 aromatic heterocycles. The molecule has 0 fully saturated rings. The van der Waals surface area contributed by atoms with E-state index in [9.17, 15) is 8.42 Å². The molecule has 0 bridgehead atoms. The molecule has 152 valence electrons. The number of rotatable bonds is 5. The van der Waals surface area contributed by atoms with Gasteiger partial charge in [-0.1, -0.05) is 38.0 Å². The molecule has 0 saturated carbocycles. The molecular formula is C21H25BrFNO3S. The number of alkyl halides is 1. The SMILES string of the molecule is CCCCC1CN(c2ccccc2)c2cc(Br)c(OC)cc2S(=O)(=O)C1(C)F. The summed E-state index contributed by atoms with van der Waals surface area (Å²) in [5, 5.41) is -2.38. The van der Waals surface area contributed by atoms with Crippen LogP contribution in [0.4, 0.5) is 15.8 Å². The van der Waals surface area contributed by atoms with Crippen LogP contribution in [0.3, 0.4) is 0 Å². The highest BCUT2D eigenvalue weighted by Gasteiger charge is 2.51. The lowest BCUT2D eigenvalue weighted by Crippen LogP contribution is -2.41. The predicted molar refractivity (Wildman–Crippen MR) is 114 cm³/mol. The molecule has 0 spiro atoms. The van der Waals surface area contributed by atoms with E-state index in [1.54, 1.807) is 6.07 Å². The van der Waals surface area contributed by atoms with Crippen LogP contribution < -0.4 is 9.64 Å². The third-order valence-electron chi connectivity index (χ3n) is 5.45. The lowest BCUT2D eigenvalue weighted by atomic mass is 9.96. The van der Waals surface area contributed by atoms with E-state index >= 15 is 4.39 Å². The van der Waals surface area contributed by atoms with Crippen LogP contribution in [0.15, 0.2) is 51.8 Å². The van der Waals surface area contributed by atoms with E-state index in [1.165, 1.54) is 20.1 Å². The number of benzene rings is 2. The Kier molecular flexibility index (Phi) is 6.05. The van der Waals surface area contributed by atoms with E-state index in [-0.39, 0.29) is 11.4 Å². The molecule has 0 N–H and O–H groups in total. The first-order valence-electron chi connectivity index (χ1n) is 9.37. The monoisotopic (exact) mass is 469 g/mol. The molecule has 2 aromatic carbocycles. The minimum absolute atomic E-state index is 0.0413. The van der Waals surface area contributed by atoms with Gasteiger partial charge in [-0.25, -0.2) is 12.8 Å². The van der Waals surface area contributed by atoms with Crippen LogP contribution in [0.25, 0.3) is 0 Å². The van der Waals surface area contributed by atoms with E-state index in [1.807, 2.05) is 42.2 Å². The van der Waals surface area contributed by atoms with Gasteiger partial charge >= 0.3 is 0 Å². The number of hydrogen-bond acceptors (Lipinski definition) is 4. The smallest absolute Gasteiger partial charge is 0.217 e. The van der Waals surface area contributed by atoms with Crippen LogP contribution in [-0.4, -0.2) is 27.1 Å². The van der Waals surface area contributed by atoms with Crippen molar-refractivity contribution in [2.24, 2.45) is 5.92 Å². The number of fused-ring (bicyclic) bond motifs is 1.